The largest absolute Gasteiger partial charge is 0.486 e. The van der Waals surface area contributed by atoms with Gasteiger partial charge in [0.25, 0.3) is 0 Å². The van der Waals surface area contributed by atoms with Crippen LogP contribution < -0.4 is 14.2 Å². The van der Waals surface area contributed by atoms with E-state index < -0.39 is 10.0 Å². The summed E-state index contributed by atoms with van der Waals surface area (Å²) in [6.45, 7) is 2.68. The number of hydrogen-bond donors (Lipinski definition) is 1. The Morgan fingerprint density at radius 3 is 2.68 bits per heavy atom. The minimum Gasteiger partial charge on any atom is -0.486 e. The van der Waals surface area contributed by atoms with Gasteiger partial charge in [-0.05, 0) is 31.2 Å². The van der Waals surface area contributed by atoms with E-state index in [1.165, 1.54) is 12.1 Å². The summed E-state index contributed by atoms with van der Waals surface area (Å²) in [7, 11) is -3.62. The van der Waals surface area contributed by atoms with Crippen LogP contribution in [-0.4, -0.2) is 27.7 Å². The Balaban J connectivity index is 1.74. The highest BCUT2D eigenvalue weighted by molar-refractivity contribution is 7.89. The van der Waals surface area contributed by atoms with Crippen LogP contribution in [0.4, 0.5) is 0 Å². The van der Waals surface area contributed by atoms with Gasteiger partial charge in [0, 0.05) is 18.5 Å². The molecular formula is C15H17NO5S. The lowest BCUT2D eigenvalue weighted by molar-refractivity contribution is 0.171. The van der Waals surface area contributed by atoms with Gasteiger partial charge in [0.15, 0.2) is 11.5 Å². The van der Waals surface area contributed by atoms with Crippen LogP contribution in [0.1, 0.15) is 12.7 Å². The summed E-state index contributed by atoms with van der Waals surface area (Å²) in [6, 6.07) is 7.91. The van der Waals surface area contributed by atoms with Crippen molar-refractivity contribution in [3.63, 3.8) is 0 Å². The molecule has 1 aliphatic rings. The second kappa shape index (κ2) is 6.02. The van der Waals surface area contributed by atoms with Gasteiger partial charge in [0.2, 0.25) is 10.0 Å². The van der Waals surface area contributed by atoms with Crippen LogP contribution in [0.2, 0.25) is 0 Å². The molecule has 1 N–H and O–H groups in total. The van der Waals surface area contributed by atoms with E-state index in [1.54, 1.807) is 25.3 Å². The molecule has 1 aromatic heterocycles. The molecule has 7 heteroatoms. The predicted molar refractivity (Wildman–Crippen MR) is 79.6 cm³/mol. The average Bonchev–Trinajstić information content (AvgIpc) is 2.99. The molecule has 2 aromatic rings. The molecule has 0 unspecified atom stereocenters. The molecule has 22 heavy (non-hydrogen) atoms. The van der Waals surface area contributed by atoms with E-state index in [9.17, 15) is 8.42 Å². The molecule has 0 fully saturated rings. The Hall–Kier alpha value is -1.99. The fraction of sp³-hybridized carbons (Fsp3) is 0.333. The third kappa shape index (κ3) is 3.26. The summed E-state index contributed by atoms with van der Waals surface area (Å²) in [6.07, 6.45) is 2.05. The standard InChI is InChI=1S/C15H17NO5S/c1-11(9-12-3-2-6-19-12)16-22(17,18)13-4-5-14-15(10-13)21-8-7-20-14/h2-6,10-11,16H,7-9H2,1H3/t11-/m1/s1. The molecule has 2 heterocycles. The van der Waals surface area contributed by atoms with E-state index in [-0.39, 0.29) is 10.9 Å². The Morgan fingerprint density at radius 2 is 1.95 bits per heavy atom. The summed E-state index contributed by atoms with van der Waals surface area (Å²) in [4.78, 5) is 0.156. The number of ether oxygens (including phenoxy) is 2. The van der Waals surface area contributed by atoms with Crippen molar-refractivity contribution in [2.24, 2.45) is 0 Å². The van der Waals surface area contributed by atoms with E-state index in [0.29, 0.717) is 31.1 Å². The first-order valence-electron chi connectivity index (χ1n) is 6.99. The van der Waals surface area contributed by atoms with Gasteiger partial charge in [-0.25, -0.2) is 13.1 Å². The van der Waals surface area contributed by atoms with Crippen molar-refractivity contribution >= 4 is 10.0 Å². The van der Waals surface area contributed by atoms with Gasteiger partial charge in [0.1, 0.15) is 19.0 Å². The fourth-order valence-corrected chi connectivity index (χ4v) is 3.55. The van der Waals surface area contributed by atoms with Crippen molar-refractivity contribution in [2.75, 3.05) is 13.2 Å². The number of sulfonamides is 1. The molecule has 3 rings (SSSR count). The minimum absolute atomic E-state index is 0.156. The molecule has 1 aromatic carbocycles. The molecule has 0 amide bonds. The molecule has 0 radical (unpaired) electrons. The maximum Gasteiger partial charge on any atom is 0.240 e. The number of benzene rings is 1. The first-order chi connectivity index (χ1) is 10.5. The summed E-state index contributed by atoms with van der Waals surface area (Å²) < 4.78 is 43.5. The van der Waals surface area contributed by atoms with Gasteiger partial charge >= 0.3 is 0 Å². The highest BCUT2D eigenvalue weighted by Crippen LogP contribution is 2.32. The van der Waals surface area contributed by atoms with Gasteiger partial charge in [-0.1, -0.05) is 0 Å². The monoisotopic (exact) mass is 323 g/mol. The van der Waals surface area contributed by atoms with Crippen LogP contribution >= 0.6 is 0 Å². The van der Waals surface area contributed by atoms with E-state index in [1.807, 2.05) is 6.07 Å². The number of fused-ring (bicyclic) bond motifs is 1. The van der Waals surface area contributed by atoms with Crippen molar-refractivity contribution in [3.8, 4) is 11.5 Å². The van der Waals surface area contributed by atoms with Gasteiger partial charge < -0.3 is 13.9 Å². The van der Waals surface area contributed by atoms with Crippen molar-refractivity contribution < 1.29 is 22.3 Å². The Kier molecular flexibility index (Phi) is 4.08. The van der Waals surface area contributed by atoms with Gasteiger partial charge in [0.05, 0.1) is 11.2 Å². The third-order valence-electron chi connectivity index (χ3n) is 3.27. The topological polar surface area (TPSA) is 77.8 Å². The molecule has 0 saturated heterocycles. The van der Waals surface area contributed by atoms with Crippen LogP contribution in [-0.2, 0) is 16.4 Å². The van der Waals surface area contributed by atoms with Gasteiger partial charge in [-0.2, -0.15) is 0 Å². The number of hydrogen-bond acceptors (Lipinski definition) is 5. The Labute approximate surface area is 129 Å². The average molecular weight is 323 g/mol. The number of furan rings is 1. The summed E-state index contributed by atoms with van der Waals surface area (Å²) >= 11 is 0. The van der Waals surface area contributed by atoms with Crippen LogP contribution in [0.25, 0.3) is 0 Å². The fourth-order valence-electron chi connectivity index (χ4n) is 2.30. The van der Waals surface area contributed by atoms with Crippen LogP contribution in [0, 0.1) is 0 Å². The maximum absolute atomic E-state index is 12.4. The maximum atomic E-state index is 12.4. The first kappa shape index (κ1) is 14.9. The highest BCUT2D eigenvalue weighted by Gasteiger charge is 2.21. The molecule has 1 aliphatic heterocycles. The predicted octanol–water partition coefficient (Wildman–Crippen LogP) is 1.96. The van der Waals surface area contributed by atoms with Crippen molar-refractivity contribution in [1.29, 1.82) is 0 Å². The second-order valence-corrected chi connectivity index (χ2v) is 6.83. The zero-order chi connectivity index (χ0) is 15.6. The van der Waals surface area contributed by atoms with Crippen molar-refractivity contribution in [2.45, 2.75) is 24.3 Å². The SMILES string of the molecule is C[C@H](Cc1ccco1)NS(=O)(=O)c1ccc2c(c1)OCCO2. The lowest BCUT2D eigenvalue weighted by Gasteiger charge is -2.19. The van der Waals surface area contributed by atoms with E-state index in [0.717, 1.165) is 5.76 Å². The smallest absolute Gasteiger partial charge is 0.240 e. The van der Waals surface area contributed by atoms with Crippen molar-refractivity contribution in [3.05, 3.63) is 42.4 Å². The zero-order valence-corrected chi connectivity index (χ0v) is 12.9. The first-order valence-corrected chi connectivity index (χ1v) is 8.47. The normalized spacial score (nSPS) is 15.5. The van der Waals surface area contributed by atoms with Gasteiger partial charge in [-0.15, -0.1) is 0 Å². The number of nitrogens with one attached hydrogen (secondary N) is 1. The van der Waals surface area contributed by atoms with Crippen LogP contribution in [0.15, 0.2) is 45.9 Å². The zero-order valence-electron chi connectivity index (χ0n) is 12.1. The number of rotatable bonds is 5. The summed E-state index contributed by atoms with van der Waals surface area (Å²) in [5.41, 5.74) is 0. The van der Waals surface area contributed by atoms with Gasteiger partial charge in [-0.3, -0.25) is 0 Å². The molecule has 1 atom stereocenters. The van der Waals surface area contributed by atoms with E-state index in [4.69, 9.17) is 13.9 Å². The highest BCUT2D eigenvalue weighted by atomic mass is 32.2. The summed E-state index contributed by atoms with van der Waals surface area (Å²) in [5.74, 6) is 1.75. The molecule has 6 nitrogen and oxygen atoms in total. The van der Waals surface area contributed by atoms with Crippen molar-refractivity contribution in [1.82, 2.24) is 4.72 Å². The molecule has 118 valence electrons. The lowest BCUT2D eigenvalue weighted by atomic mass is 10.2. The van der Waals surface area contributed by atoms with E-state index in [2.05, 4.69) is 4.72 Å². The molecular weight excluding hydrogens is 306 g/mol. The van der Waals surface area contributed by atoms with Crippen LogP contribution in [0.3, 0.4) is 0 Å². The Bertz CT molecular complexity index is 739. The molecule has 0 saturated carbocycles. The summed E-state index contributed by atoms with van der Waals surface area (Å²) in [5, 5.41) is 0. The minimum atomic E-state index is -3.62. The molecule has 0 bridgehead atoms. The van der Waals surface area contributed by atoms with E-state index >= 15 is 0 Å². The third-order valence-corrected chi connectivity index (χ3v) is 4.85. The molecule has 0 aliphatic carbocycles. The van der Waals surface area contributed by atoms with Crippen LogP contribution in [0.5, 0.6) is 11.5 Å². The lowest BCUT2D eigenvalue weighted by Crippen LogP contribution is -2.34. The molecule has 0 spiro atoms. The second-order valence-electron chi connectivity index (χ2n) is 5.11. The Morgan fingerprint density at radius 1 is 1.18 bits per heavy atom. The quantitative estimate of drug-likeness (QED) is 0.910.